The monoisotopic (exact) mass is 440 g/mol. The molecule has 3 aliphatic heterocycles. The van der Waals surface area contributed by atoms with Crippen molar-refractivity contribution < 1.29 is 5.11 Å². The van der Waals surface area contributed by atoms with Crippen molar-refractivity contribution in [2.75, 3.05) is 36.0 Å². The minimum absolute atomic E-state index is 0.185. The van der Waals surface area contributed by atoms with Crippen molar-refractivity contribution in [2.24, 2.45) is 5.73 Å². The molecule has 0 spiro atoms. The summed E-state index contributed by atoms with van der Waals surface area (Å²) in [6.07, 6.45) is 1.29. The summed E-state index contributed by atoms with van der Waals surface area (Å²) in [5, 5.41) is 20.6. The van der Waals surface area contributed by atoms with Crippen LogP contribution in [0.2, 0.25) is 0 Å². The highest BCUT2D eigenvalue weighted by atomic mass is 16.3. The normalized spacial score (nSPS) is 27.0. The molecule has 2 aromatic carbocycles. The van der Waals surface area contributed by atoms with E-state index in [0.29, 0.717) is 30.7 Å². The van der Waals surface area contributed by atoms with E-state index in [1.165, 1.54) is 11.1 Å². The number of fused-ring (bicyclic) bond motifs is 4. The number of pyridine rings is 1. The molecule has 7 nitrogen and oxygen atoms in total. The van der Waals surface area contributed by atoms with Gasteiger partial charge in [-0.15, -0.1) is 0 Å². The first-order valence-corrected chi connectivity index (χ1v) is 11.6. The number of aliphatic hydroxyl groups excluding tert-OH is 1. The Balaban J connectivity index is 1.32. The molecule has 2 fully saturated rings. The van der Waals surface area contributed by atoms with E-state index in [4.69, 9.17) is 5.73 Å². The van der Waals surface area contributed by atoms with Crippen LogP contribution in [0.4, 0.5) is 11.4 Å². The van der Waals surface area contributed by atoms with Gasteiger partial charge in [0.15, 0.2) is 0 Å². The highest BCUT2D eigenvalue weighted by Crippen LogP contribution is 2.42. The summed E-state index contributed by atoms with van der Waals surface area (Å²) >= 11 is 0. The van der Waals surface area contributed by atoms with Crippen molar-refractivity contribution in [3.63, 3.8) is 0 Å². The highest BCUT2D eigenvalue weighted by molar-refractivity contribution is 5.95. The van der Waals surface area contributed by atoms with Gasteiger partial charge in [0, 0.05) is 67.8 Å². The molecule has 0 bridgehead atoms. The summed E-state index contributed by atoms with van der Waals surface area (Å²) < 4.78 is 0. The fourth-order valence-electron chi connectivity index (χ4n) is 5.85. The standard InChI is InChI=1S/C26H28N6O/c1-16-11-31(23-7-4-17(10-27)26-21(23)3-2-8-29-26)14-24-20-6-5-19(9-18(20)12-32(16)24)30-13-22(28)25(33)15-30/h2-9,16,22,24-25,33H,11-15,28H2,1H3/t16-,22+,24?,25?/m1/s1. The van der Waals surface area contributed by atoms with E-state index in [1.807, 2.05) is 12.1 Å². The van der Waals surface area contributed by atoms with Crippen LogP contribution in [0.1, 0.15) is 29.7 Å². The molecular formula is C26H28N6O. The number of hydrogen-bond acceptors (Lipinski definition) is 7. The van der Waals surface area contributed by atoms with Crippen LogP contribution in [-0.4, -0.2) is 59.4 Å². The SMILES string of the molecule is C[C@@H]1CN(c2ccc(C#N)c3ncccc23)CC2c3ccc(N4CC(O)[C@@H](N)C4)cc3CN21. The second-order valence-corrected chi connectivity index (χ2v) is 9.61. The van der Waals surface area contributed by atoms with Crippen molar-refractivity contribution in [2.45, 2.75) is 37.7 Å². The summed E-state index contributed by atoms with van der Waals surface area (Å²) in [5.74, 6) is 0. The van der Waals surface area contributed by atoms with Gasteiger partial charge < -0.3 is 20.6 Å². The van der Waals surface area contributed by atoms with Gasteiger partial charge in [-0.3, -0.25) is 9.88 Å². The lowest BCUT2D eigenvalue weighted by molar-refractivity contribution is 0.134. The quantitative estimate of drug-likeness (QED) is 0.632. The fourth-order valence-corrected chi connectivity index (χ4v) is 5.85. The molecule has 168 valence electrons. The van der Waals surface area contributed by atoms with Crippen molar-refractivity contribution in [3.05, 3.63) is 65.4 Å². The Morgan fingerprint density at radius 3 is 2.76 bits per heavy atom. The zero-order valence-electron chi connectivity index (χ0n) is 18.7. The Morgan fingerprint density at radius 1 is 1.09 bits per heavy atom. The number of aromatic nitrogens is 1. The average Bonchev–Trinajstić information content (AvgIpc) is 3.37. The Bertz CT molecular complexity index is 1260. The highest BCUT2D eigenvalue weighted by Gasteiger charge is 2.39. The Labute approximate surface area is 193 Å². The van der Waals surface area contributed by atoms with E-state index < -0.39 is 6.10 Å². The minimum atomic E-state index is -0.463. The molecule has 3 aliphatic rings. The third kappa shape index (κ3) is 3.25. The van der Waals surface area contributed by atoms with Crippen molar-refractivity contribution >= 4 is 22.3 Å². The molecular weight excluding hydrogens is 412 g/mol. The maximum absolute atomic E-state index is 10.1. The molecule has 6 rings (SSSR count). The lowest BCUT2D eigenvalue weighted by Gasteiger charge is -2.43. The summed E-state index contributed by atoms with van der Waals surface area (Å²) in [6, 6.07) is 17.5. The molecule has 2 unspecified atom stereocenters. The van der Waals surface area contributed by atoms with Crippen molar-refractivity contribution in [3.8, 4) is 6.07 Å². The second-order valence-electron chi connectivity index (χ2n) is 9.61. The molecule has 3 N–H and O–H groups in total. The van der Waals surface area contributed by atoms with Crippen molar-refractivity contribution in [1.29, 1.82) is 5.26 Å². The van der Waals surface area contributed by atoms with Gasteiger partial charge in [0.05, 0.1) is 23.2 Å². The van der Waals surface area contributed by atoms with Crippen LogP contribution in [0.5, 0.6) is 0 Å². The lowest BCUT2D eigenvalue weighted by atomic mass is 9.99. The third-order valence-corrected chi connectivity index (χ3v) is 7.59. The molecule has 0 aliphatic carbocycles. The molecule has 7 heteroatoms. The van der Waals surface area contributed by atoms with Crippen LogP contribution >= 0.6 is 0 Å². The van der Waals surface area contributed by atoms with Crippen LogP contribution in [0.3, 0.4) is 0 Å². The molecule has 3 aromatic rings. The molecule has 4 heterocycles. The van der Waals surface area contributed by atoms with Gasteiger partial charge >= 0.3 is 0 Å². The Morgan fingerprint density at radius 2 is 1.97 bits per heavy atom. The number of aliphatic hydroxyl groups is 1. The first kappa shape index (κ1) is 20.4. The molecule has 0 radical (unpaired) electrons. The summed E-state index contributed by atoms with van der Waals surface area (Å²) in [6.45, 7) is 6.36. The Kier molecular flexibility index (Phi) is 4.77. The number of anilines is 2. The number of piperazine rings is 1. The predicted octanol–water partition coefficient (Wildman–Crippen LogP) is 2.38. The molecule has 0 amide bonds. The van der Waals surface area contributed by atoms with Crippen LogP contribution in [0, 0.1) is 11.3 Å². The number of β-amino-alcohol motifs (C(OH)–C–C–N with tert-alkyl or cyclic N) is 1. The van der Waals surface area contributed by atoms with Gasteiger partial charge in [-0.05, 0) is 54.4 Å². The first-order valence-electron chi connectivity index (χ1n) is 11.6. The van der Waals surface area contributed by atoms with Gasteiger partial charge in [-0.25, -0.2) is 0 Å². The number of nitrogens with two attached hydrogens (primary N) is 1. The van der Waals surface area contributed by atoms with Crippen molar-refractivity contribution in [1.82, 2.24) is 9.88 Å². The molecule has 2 saturated heterocycles. The van der Waals surface area contributed by atoms with E-state index in [0.717, 1.165) is 41.9 Å². The minimum Gasteiger partial charge on any atom is -0.390 e. The van der Waals surface area contributed by atoms with E-state index in [2.05, 4.69) is 63.0 Å². The van der Waals surface area contributed by atoms with E-state index in [1.54, 1.807) is 6.20 Å². The average molecular weight is 441 g/mol. The zero-order chi connectivity index (χ0) is 22.7. The molecule has 1 aromatic heterocycles. The van der Waals surface area contributed by atoms with Gasteiger partial charge in [-0.1, -0.05) is 6.07 Å². The first-order chi connectivity index (χ1) is 16.0. The van der Waals surface area contributed by atoms with E-state index in [9.17, 15) is 10.4 Å². The summed E-state index contributed by atoms with van der Waals surface area (Å²) in [5.41, 5.74) is 12.5. The van der Waals surface area contributed by atoms with Gasteiger partial charge in [0.25, 0.3) is 0 Å². The Hall–Kier alpha value is -3.18. The fraction of sp³-hybridized carbons (Fsp3) is 0.385. The third-order valence-electron chi connectivity index (χ3n) is 7.59. The second kappa shape index (κ2) is 7.70. The molecule has 0 saturated carbocycles. The number of nitrogens with zero attached hydrogens (tertiary/aromatic N) is 5. The lowest BCUT2D eigenvalue weighted by Crippen LogP contribution is -2.51. The number of hydrogen-bond donors (Lipinski definition) is 2. The molecule has 33 heavy (non-hydrogen) atoms. The number of benzene rings is 2. The van der Waals surface area contributed by atoms with Crippen LogP contribution in [0.25, 0.3) is 10.9 Å². The maximum atomic E-state index is 10.1. The zero-order valence-corrected chi connectivity index (χ0v) is 18.7. The summed E-state index contributed by atoms with van der Waals surface area (Å²) in [4.78, 5) is 11.7. The topological polar surface area (TPSA) is 92.6 Å². The van der Waals surface area contributed by atoms with Crippen LogP contribution < -0.4 is 15.5 Å². The summed E-state index contributed by atoms with van der Waals surface area (Å²) in [7, 11) is 0. The predicted molar refractivity (Wildman–Crippen MR) is 129 cm³/mol. The van der Waals surface area contributed by atoms with E-state index in [-0.39, 0.29) is 6.04 Å². The van der Waals surface area contributed by atoms with Gasteiger partial charge in [-0.2, -0.15) is 5.26 Å². The number of rotatable bonds is 2. The van der Waals surface area contributed by atoms with Gasteiger partial charge in [0.1, 0.15) is 6.07 Å². The molecule has 4 atom stereocenters. The van der Waals surface area contributed by atoms with E-state index >= 15 is 0 Å². The van der Waals surface area contributed by atoms with Gasteiger partial charge in [0.2, 0.25) is 0 Å². The van der Waals surface area contributed by atoms with Crippen LogP contribution in [0.15, 0.2) is 48.7 Å². The van der Waals surface area contributed by atoms with Crippen LogP contribution in [-0.2, 0) is 6.54 Å². The number of nitriles is 1. The smallest absolute Gasteiger partial charge is 0.101 e. The maximum Gasteiger partial charge on any atom is 0.101 e. The largest absolute Gasteiger partial charge is 0.390 e.